The molecule has 6 heteroatoms. The Morgan fingerprint density at radius 1 is 1.33 bits per heavy atom. The van der Waals surface area contributed by atoms with Crippen LogP contribution in [0.1, 0.15) is 33.1 Å². The summed E-state index contributed by atoms with van der Waals surface area (Å²) < 4.78 is 8.91. The average molecular weight is 331 g/mol. The highest BCUT2D eigenvalue weighted by atomic mass is 16.5. The summed E-state index contributed by atoms with van der Waals surface area (Å²) in [4.78, 5) is 25.1. The highest BCUT2D eigenvalue weighted by Gasteiger charge is 2.24. The fourth-order valence-electron chi connectivity index (χ4n) is 3.40. The Morgan fingerprint density at radius 2 is 2.04 bits per heavy atom. The zero-order valence-corrected chi connectivity index (χ0v) is 14.3. The topological polar surface area (TPSA) is 65.3 Å². The maximum absolute atomic E-state index is 12.7. The van der Waals surface area contributed by atoms with Gasteiger partial charge < -0.3 is 10.1 Å². The van der Waals surface area contributed by atoms with E-state index < -0.39 is 0 Å². The Bertz CT molecular complexity index is 771. The molecule has 0 spiro atoms. The van der Waals surface area contributed by atoms with Gasteiger partial charge in [0, 0.05) is 13.2 Å². The Hall–Kier alpha value is -2.08. The van der Waals surface area contributed by atoms with Crippen LogP contribution in [0.25, 0.3) is 11.0 Å². The number of rotatable bonds is 6. The summed E-state index contributed by atoms with van der Waals surface area (Å²) in [5.74, 6) is -0.153. The molecule has 0 aliphatic carbocycles. The van der Waals surface area contributed by atoms with Gasteiger partial charge in [-0.25, -0.2) is 4.79 Å². The molecule has 1 aromatic carbocycles. The maximum Gasteiger partial charge on any atom is 0.329 e. The van der Waals surface area contributed by atoms with Crippen molar-refractivity contribution >= 4 is 16.9 Å². The first-order chi connectivity index (χ1) is 11.6. The number of carbonyl (C=O) groups excluding carboxylic acids is 1. The van der Waals surface area contributed by atoms with Crippen molar-refractivity contribution in [3.8, 4) is 0 Å². The van der Waals surface area contributed by atoms with Gasteiger partial charge in [-0.15, -0.1) is 0 Å². The second-order valence-electron chi connectivity index (χ2n) is 6.42. The zero-order chi connectivity index (χ0) is 17.1. The molecular formula is C18H25N3O3. The number of amides is 1. The number of hydrogen-bond donors (Lipinski definition) is 1. The summed E-state index contributed by atoms with van der Waals surface area (Å²) in [6.45, 7) is 5.44. The lowest BCUT2D eigenvalue weighted by atomic mass is 10.1. The predicted molar refractivity (Wildman–Crippen MR) is 93.1 cm³/mol. The van der Waals surface area contributed by atoms with Crippen molar-refractivity contribution in [1.29, 1.82) is 0 Å². The van der Waals surface area contributed by atoms with Gasteiger partial charge in [0.2, 0.25) is 5.91 Å². The van der Waals surface area contributed by atoms with Gasteiger partial charge >= 0.3 is 5.69 Å². The van der Waals surface area contributed by atoms with Crippen LogP contribution in [-0.2, 0) is 22.6 Å². The molecule has 1 fully saturated rings. The van der Waals surface area contributed by atoms with Crippen molar-refractivity contribution < 1.29 is 9.53 Å². The Morgan fingerprint density at radius 3 is 2.67 bits per heavy atom. The molecule has 1 aromatic heterocycles. The number of nitrogens with one attached hydrogen (secondary N) is 1. The van der Waals surface area contributed by atoms with Gasteiger partial charge in [-0.3, -0.25) is 13.9 Å². The first kappa shape index (κ1) is 16.8. The monoisotopic (exact) mass is 331 g/mol. The fraction of sp³-hybridized carbons (Fsp3) is 0.556. The molecule has 1 N–H and O–H groups in total. The zero-order valence-electron chi connectivity index (χ0n) is 14.3. The lowest BCUT2D eigenvalue weighted by Crippen LogP contribution is -2.43. The molecule has 1 amide bonds. The molecule has 130 valence electrons. The SMILES string of the molecule is CCCn1c(=O)n(CC(=O)N[C@H](C)[C@H]2CCCO2)c2ccccc21. The van der Waals surface area contributed by atoms with Crippen LogP contribution < -0.4 is 11.0 Å². The fourth-order valence-corrected chi connectivity index (χ4v) is 3.40. The van der Waals surface area contributed by atoms with E-state index >= 15 is 0 Å². The smallest absolute Gasteiger partial charge is 0.329 e. The maximum atomic E-state index is 12.7. The summed E-state index contributed by atoms with van der Waals surface area (Å²) in [5, 5.41) is 2.97. The van der Waals surface area contributed by atoms with Crippen molar-refractivity contribution in [3.63, 3.8) is 0 Å². The van der Waals surface area contributed by atoms with Crippen LogP contribution in [0.3, 0.4) is 0 Å². The number of carbonyl (C=O) groups is 1. The average Bonchev–Trinajstić information content (AvgIpc) is 3.19. The highest BCUT2D eigenvalue weighted by Crippen LogP contribution is 2.16. The number of para-hydroxylation sites is 2. The van der Waals surface area contributed by atoms with Crippen molar-refractivity contribution in [3.05, 3.63) is 34.7 Å². The minimum absolute atomic E-state index is 0.0348. The summed E-state index contributed by atoms with van der Waals surface area (Å²) in [7, 11) is 0. The van der Waals surface area contributed by atoms with Crippen LogP contribution in [-0.4, -0.2) is 33.8 Å². The summed E-state index contributed by atoms with van der Waals surface area (Å²) in [6, 6.07) is 7.58. The van der Waals surface area contributed by atoms with Crippen LogP contribution >= 0.6 is 0 Å². The molecule has 2 heterocycles. The second kappa shape index (κ2) is 7.21. The van der Waals surface area contributed by atoms with E-state index in [2.05, 4.69) is 5.32 Å². The van der Waals surface area contributed by atoms with E-state index in [9.17, 15) is 9.59 Å². The van der Waals surface area contributed by atoms with E-state index in [0.29, 0.717) is 6.54 Å². The van der Waals surface area contributed by atoms with E-state index in [4.69, 9.17) is 4.74 Å². The highest BCUT2D eigenvalue weighted by molar-refractivity contribution is 5.81. The molecule has 24 heavy (non-hydrogen) atoms. The van der Waals surface area contributed by atoms with Gasteiger partial charge in [-0.1, -0.05) is 19.1 Å². The molecule has 2 aromatic rings. The largest absolute Gasteiger partial charge is 0.376 e. The number of nitrogens with zero attached hydrogens (tertiary/aromatic N) is 2. The number of imidazole rings is 1. The Labute approximate surface area is 141 Å². The van der Waals surface area contributed by atoms with Gasteiger partial charge in [0.1, 0.15) is 6.54 Å². The van der Waals surface area contributed by atoms with Crippen molar-refractivity contribution in [2.24, 2.45) is 0 Å². The van der Waals surface area contributed by atoms with Crippen LogP contribution in [0.4, 0.5) is 0 Å². The van der Waals surface area contributed by atoms with E-state index in [1.807, 2.05) is 38.1 Å². The van der Waals surface area contributed by atoms with Crippen LogP contribution in [0, 0.1) is 0 Å². The molecule has 1 saturated heterocycles. The molecule has 0 radical (unpaired) electrons. The number of aromatic nitrogens is 2. The first-order valence-electron chi connectivity index (χ1n) is 8.71. The second-order valence-corrected chi connectivity index (χ2v) is 6.42. The molecular weight excluding hydrogens is 306 g/mol. The van der Waals surface area contributed by atoms with Gasteiger partial charge in [-0.05, 0) is 38.3 Å². The quantitative estimate of drug-likeness (QED) is 0.879. The number of ether oxygens (including phenoxy) is 1. The van der Waals surface area contributed by atoms with Crippen molar-refractivity contribution in [2.75, 3.05) is 6.61 Å². The Balaban J connectivity index is 1.80. The Kier molecular flexibility index (Phi) is 5.04. The predicted octanol–water partition coefficient (Wildman–Crippen LogP) is 1.90. The summed E-state index contributed by atoms with van der Waals surface area (Å²) in [6.07, 6.45) is 2.95. The third-order valence-electron chi connectivity index (χ3n) is 4.59. The lowest BCUT2D eigenvalue weighted by Gasteiger charge is -2.20. The third-order valence-corrected chi connectivity index (χ3v) is 4.59. The number of aryl methyl sites for hydroxylation is 1. The van der Waals surface area contributed by atoms with E-state index in [1.54, 1.807) is 9.13 Å². The van der Waals surface area contributed by atoms with E-state index in [1.165, 1.54) is 0 Å². The normalized spacial score (nSPS) is 18.8. The summed E-state index contributed by atoms with van der Waals surface area (Å²) >= 11 is 0. The molecule has 0 bridgehead atoms. The number of benzene rings is 1. The first-order valence-corrected chi connectivity index (χ1v) is 8.71. The minimum atomic E-state index is -0.153. The molecule has 6 nitrogen and oxygen atoms in total. The van der Waals surface area contributed by atoms with Gasteiger partial charge in [-0.2, -0.15) is 0 Å². The molecule has 1 aliphatic heterocycles. The van der Waals surface area contributed by atoms with E-state index in [-0.39, 0.29) is 30.3 Å². The van der Waals surface area contributed by atoms with Gasteiger partial charge in [0.05, 0.1) is 23.2 Å². The van der Waals surface area contributed by atoms with Gasteiger partial charge in [0.25, 0.3) is 0 Å². The molecule has 0 saturated carbocycles. The molecule has 1 aliphatic rings. The third kappa shape index (κ3) is 3.24. The number of fused-ring (bicyclic) bond motifs is 1. The standard InChI is InChI=1S/C18H25N3O3/c1-3-10-20-14-7-4-5-8-15(14)21(18(20)23)12-17(22)19-13(2)16-9-6-11-24-16/h4-5,7-8,13,16H,3,6,9-12H2,1-2H3,(H,19,22)/t13-,16-/m1/s1. The van der Waals surface area contributed by atoms with Crippen molar-refractivity contribution in [1.82, 2.24) is 14.5 Å². The van der Waals surface area contributed by atoms with Crippen molar-refractivity contribution in [2.45, 2.75) is 58.3 Å². The molecule has 0 unspecified atom stereocenters. The minimum Gasteiger partial charge on any atom is -0.376 e. The summed E-state index contributed by atoms with van der Waals surface area (Å²) in [5.41, 5.74) is 1.55. The van der Waals surface area contributed by atoms with E-state index in [0.717, 1.165) is 36.9 Å². The van der Waals surface area contributed by atoms with Crippen LogP contribution in [0.15, 0.2) is 29.1 Å². The lowest BCUT2D eigenvalue weighted by molar-refractivity contribution is -0.123. The molecule has 2 atom stereocenters. The van der Waals surface area contributed by atoms with Crippen LogP contribution in [0.5, 0.6) is 0 Å². The van der Waals surface area contributed by atoms with Gasteiger partial charge in [0.15, 0.2) is 0 Å². The molecule has 3 rings (SSSR count). The number of hydrogen-bond acceptors (Lipinski definition) is 3. The van der Waals surface area contributed by atoms with Crippen LogP contribution in [0.2, 0.25) is 0 Å².